The van der Waals surface area contributed by atoms with Crippen LogP contribution >= 0.6 is 0 Å². The maximum Gasteiger partial charge on any atom is 0.573 e. The number of aliphatic hydroxyl groups excluding tert-OH is 1. The van der Waals surface area contributed by atoms with Crippen molar-refractivity contribution in [2.75, 3.05) is 0 Å². The zero-order valence-corrected chi connectivity index (χ0v) is 17.8. The van der Waals surface area contributed by atoms with Crippen LogP contribution < -0.4 is 10.1 Å². The Morgan fingerprint density at radius 1 is 1.15 bits per heavy atom. The van der Waals surface area contributed by atoms with Gasteiger partial charge in [0.25, 0.3) is 0 Å². The summed E-state index contributed by atoms with van der Waals surface area (Å²) in [7, 11) is 0. The van der Waals surface area contributed by atoms with E-state index < -0.39 is 59.4 Å². The molecule has 34 heavy (non-hydrogen) atoms. The number of benzene rings is 2. The first-order valence-corrected chi connectivity index (χ1v) is 10.4. The van der Waals surface area contributed by atoms with Gasteiger partial charge in [-0.3, -0.25) is 24.6 Å². The van der Waals surface area contributed by atoms with Crippen molar-refractivity contribution in [3.63, 3.8) is 0 Å². The summed E-state index contributed by atoms with van der Waals surface area (Å²) in [6, 6.07) is 12.2. The van der Waals surface area contributed by atoms with Crippen LogP contribution in [0.1, 0.15) is 24.1 Å². The summed E-state index contributed by atoms with van der Waals surface area (Å²) >= 11 is 0. The van der Waals surface area contributed by atoms with Gasteiger partial charge in [0, 0.05) is 6.04 Å². The minimum absolute atomic E-state index is 0.106. The number of amides is 2. The highest BCUT2D eigenvalue weighted by Gasteiger charge is 2.70. The molecule has 0 aromatic heterocycles. The number of carbonyl (C=O) groups excluding carboxylic acids is 2. The average molecular weight is 478 g/mol. The third-order valence-electron chi connectivity index (χ3n) is 6.33. The van der Waals surface area contributed by atoms with Crippen molar-refractivity contribution >= 4 is 17.8 Å². The van der Waals surface area contributed by atoms with Gasteiger partial charge < -0.3 is 14.9 Å². The molecule has 0 aliphatic carbocycles. The Kier molecular flexibility index (Phi) is 5.86. The Morgan fingerprint density at radius 2 is 1.82 bits per heavy atom. The number of likely N-dealkylation sites (tertiary alicyclic amines) is 1. The van der Waals surface area contributed by atoms with E-state index in [0.717, 1.165) is 17.0 Å². The molecule has 2 aliphatic rings. The van der Waals surface area contributed by atoms with Crippen LogP contribution in [-0.2, 0) is 20.9 Å². The van der Waals surface area contributed by atoms with Gasteiger partial charge in [-0.2, -0.15) is 0 Å². The summed E-state index contributed by atoms with van der Waals surface area (Å²) in [6.45, 7) is 1.08. The van der Waals surface area contributed by atoms with Crippen molar-refractivity contribution in [3.8, 4) is 5.75 Å². The van der Waals surface area contributed by atoms with E-state index in [-0.39, 0.29) is 12.1 Å². The van der Waals surface area contributed by atoms with Crippen molar-refractivity contribution in [1.82, 2.24) is 10.2 Å². The van der Waals surface area contributed by atoms with E-state index in [9.17, 15) is 37.8 Å². The Hall–Kier alpha value is -3.44. The predicted molar refractivity (Wildman–Crippen MR) is 110 cm³/mol. The number of hydrogen-bond acceptors (Lipinski definition) is 6. The van der Waals surface area contributed by atoms with Crippen molar-refractivity contribution in [3.05, 3.63) is 65.7 Å². The molecule has 180 valence electrons. The summed E-state index contributed by atoms with van der Waals surface area (Å²) in [5, 5.41) is 23.2. The normalized spacial score (nSPS) is 27.6. The van der Waals surface area contributed by atoms with Gasteiger partial charge in [0.1, 0.15) is 5.75 Å². The van der Waals surface area contributed by atoms with Crippen LogP contribution in [0.3, 0.4) is 0 Å². The molecule has 2 aliphatic heterocycles. The standard InChI is InChI=1S/C23H21F3N2O6/c1-12(29)22(21(32)33)17-16(19(30)28(20(17)31)11-13-6-3-2-4-7-13)18(27-22)14-8-5-9-15(10-14)34-23(24,25)26/h2-10,12,16-18,27,29H,11H2,1H3,(H,32,33). The summed E-state index contributed by atoms with van der Waals surface area (Å²) < 4.78 is 42.1. The molecule has 2 aromatic carbocycles. The molecule has 0 radical (unpaired) electrons. The van der Waals surface area contributed by atoms with Crippen LogP contribution in [-0.4, -0.2) is 50.9 Å². The lowest BCUT2D eigenvalue weighted by Crippen LogP contribution is -2.62. The first-order chi connectivity index (χ1) is 16.0. The number of halogens is 3. The number of rotatable bonds is 6. The molecule has 5 atom stereocenters. The second-order valence-corrected chi connectivity index (χ2v) is 8.34. The molecule has 0 bridgehead atoms. The number of fused-ring (bicyclic) bond motifs is 1. The summed E-state index contributed by atoms with van der Waals surface area (Å²) in [5.41, 5.74) is -1.48. The van der Waals surface area contributed by atoms with Gasteiger partial charge in [0.05, 0.1) is 24.5 Å². The molecule has 4 rings (SSSR count). The van der Waals surface area contributed by atoms with Crippen LogP contribution in [0, 0.1) is 11.8 Å². The highest BCUT2D eigenvalue weighted by molar-refractivity contribution is 6.09. The number of nitrogens with zero attached hydrogens (tertiary/aromatic N) is 1. The fourth-order valence-electron chi connectivity index (χ4n) is 4.87. The molecule has 5 unspecified atom stereocenters. The number of carboxylic acid groups (broad SMARTS) is 1. The Labute approximate surface area is 191 Å². The van der Waals surface area contributed by atoms with Crippen LogP contribution in [0.25, 0.3) is 0 Å². The molecule has 2 heterocycles. The van der Waals surface area contributed by atoms with Gasteiger partial charge in [0.15, 0.2) is 5.54 Å². The van der Waals surface area contributed by atoms with Gasteiger partial charge in [-0.05, 0) is 30.2 Å². The topological polar surface area (TPSA) is 116 Å². The van der Waals surface area contributed by atoms with Crippen LogP contribution in [0.4, 0.5) is 13.2 Å². The molecule has 11 heteroatoms. The van der Waals surface area contributed by atoms with Gasteiger partial charge in [-0.25, -0.2) is 0 Å². The maximum absolute atomic E-state index is 13.4. The van der Waals surface area contributed by atoms with E-state index in [1.54, 1.807) is 30.3 Å². The summed E-state index contributed by atoms with van der Waals surface area (Å²) in [4.78, 5) is 40.1. The number of aliphatic carboxylic acids is 1. The number of carbonyl (C=O) groups is 3. The first kappa shape index (κ1) is 23.7. The van der Waals surface area contributed by atoms with Gasteiger partial charge in [-0.15, -0.1) is 13.2 Å². The second-order valence-electron chi connectivity index (χ2n) is 8.34. The van der Waals surface area contributed by atoms with E-state index in [4.69, 9.17) is 0 Å². The fourth-order valence-corrected chi connectivity index (χ4v) is 4.87. The zero-order valence-electron chi connectivity index (χ0n) is 17.8. The summed E-state index contributed by atoms with van der Waals surface area (Å²) in [6.07, 6.45) is -6.56. The quantitative estimate of drug-likeness (QED) is 0.546. The van der Waals surface area contributed by atoms with Crippen molar-refractivity contribution in [2.24, 2.45) is 11.8 Å². The molecule has 0 saturated carbocycles. The highest BCUT2D eigenvalue weighted by atomic mass is 19.4. The Morgan fingerprint density at radius 3 is 2.41 bits per heavy atom. The van der Waals surface area contributed by atoms with Crippen molar-refractivity contribution < 1.29 is 42.5 Å². The number of imide groups is 1. The van der Waals surface area contributed by atoms with Crippen LogP contribution in [0.15, 0.2) is 54.6 Å². The monoisotopic (exact) mass is 478 g/mol. The van der Waals surface area contributed by atoms with Crippen LogP contribution in [0.5, 0.6) is 5.75 Å². The number of ether oxygens (including phenoxy) is 1. The average Bonchev–Trinajstić information content (AvgIpc) is 3.24. The van der Waals surface area contributed by atoms with E-state index in [0.29, 0.717) is 5.56 Å². The third kappa shape index (κ3) is 3.90. The first-order valence-electron chi connectivity index (χ1n) is 10.4. The molecule has 2 amide bonds. The lowest BCUT2D eigenvalue weighted by molar-refractivity contribution is -0.274. The zero-order chi connectivity index (χ0) is 24.8. The number of alkyl halides is 3. The number of carboxylic acids is 1. The third-order valence-corrected chi connectivity index (χ3v) is 6.33. The van der Waals surface area contributed by atoms with E-state index in [1.807, 2.05) is 0 Å². The molecule has 2 fully saturated rings. The van der Waals surface area contributed by atoms with Crippen LogP contribution in [0.2, 0.25) is 0 Å². The minimum atomic E-state index is -4.96. The molecule has 3 N–H and O–H groups in total. The second kappa shape index (κ2) is 8.41. The molecule has 2 aromatic rings. The van der Waals surface area contributed by atoms with Gasteiger partial charge in [0.2, 0.25) is 11.8 Å². The van der Waals surface area contributed by atoms with E-state index in [1.165, 1.54) is 19.1 Å². The molecular formula is C23H21F3N2O6. The van der Waals surface area contributed by atoms with E-state index in [2.05, 4.69) is 10.1 Å². The SMILES string of the molecule is CC(O)C1(C(=O)O)NC(c2cccc(OC(F)(F)F)c2)C2C(=O)N(Cc3ccccc3)C(=O)C21. The minimum Gasteiger partial charge on any atom is -0.480 e. The fraction of sp³-hybridized carbons (Fsp3) is 0.348. The predicted octanol–water partition coefficient (Wildman–Crippen LogP) is 2.24. The van der Waals surface area contributed by atoms with Crippen molar-refractivity contribution in [2.45, 2.75) is 37.5 Å². The largest absolute Gasteiger partial charge is 0.573 e. The van der Waals surface area contributed by atoms with Gasteiger partial charge >= 0.3 is 12.3 Å². The van der Waals surface area contributed by atoms with Gasteiger partial charge in [-0.1, -0.05) is 42.5 Å². The Balaban J connectivity index is 1.78. The highest BCUT2D eigenvalue weighted by Crippen LogP contribution is 2.50. The smallest absolute Gasteiger partial charge is 0.480 e. The number of hydrogen-bond donors (Lipinski definition) is 3. The number of nitrogens with one attached hydrogen (secondary N) is 1. The maximum atomic E-state index is 13.4. The number of aliphatic hydroxyl groups is 1. The lowest BCUT2D eigenvalue weighted by atomic mass is 9.76. The molecule has 8 nitrogen and oxygen atoms in total. The molecular weight excluding hydrogens is 457 g/mol. The molecule has 2 saturated heterocycles. The molecule has 0 spiro atoms. The Bertz CT molecular complexity index is 1120. The van der Waals surface area contributed by atoms with E-state index >= 15 is 0 Å². The van der Waals surface area contributed by atoms with Crippen molar-refractivity contribution in [1.29, 1.82) is 0 Å². The summed E-state index contributed by atoms with van der Waals surface area (Å²) in [5.74, 6) is -6.31. The lowest BCUT2D eigenvalue weighted by Gasteiger charge is -2.33.